The van der Waals surface area contributed by atoms with E-state index in [0.29, 0.717) is 6.42 Å². The SMILES string of the molecule is CCC1(C)NC(=O)C(C(C)C)N(c2cccnc2C)C1=O. The molecular formula is C16H23N3O2. The Balaban J connectivity index is 2.57. The predicted octanol–water partition coefficient (Wildman–Crippen LogP) is 2.05. The average molecular weight is 289 g/mol. The lowest BCUT2D eigenvalue weighted by Crippen LogP contribution is -2.70. The Kier molecular flexibility index (Phi) is 4.03. The third-order valence-corrected chi connectivity index (χ3v) is 4.21. The molecule has 1 saturated heterocycles. The molecule has 21 heavy (non-hydrogen) atoms. The van der Waals surface area contributed by atoms with E-state index in [1.54, 1.807) is 24.1 Å². The monoisotopic (exact) mass is 289 g/mol. The van der Waals surface area contributed by atoms with Crippen molar-refractivity contribution in [3.63, 3.8) is 0 Å². The second-order valence-corrected chi connectivity index (χ2v) is 6.15. The third kappa shape index (κ3) is 2.52. The zero-order valence-electron chi connectivity index (χ0n) is 13.3. The number of carbonyl (C=O) groups is 2. The van der Waals surface area contributed by atoms with Crippen LogP contribution in [0, 0.1) is 12.8 Å². The topological polar surface area (TPSA) is 62.3 Å². The fourth-order valence-corrected chi connectivity index (χ4v) is 2.74. The molecular weight excluding hydrogens is 266 g/mol. The number of nitrogens with one attached hydrogen (secondary N) is 1. The van der Waals surface area contributed by atoms with Crippen molar-refractivity contribution in [1.82, 2.24) is 10.3 Å². The van der Waals surface area contributed by atoms with Gasteiger partial charge >= 0.3 is 0 Å². The molecule has 0 saturated carbocycles. The fraction of sp³-hybridized carbons (Fsp3) is 0.562. The van der Waals surface area contributed by atoms with Gasteiger partial charge in [-0.2, -0.15) is 0 Å². The van der Waals surface area contributed by atoms with Gasteiger partial charge in [0.1, 0.15) is 11.6 Å². The van der Waals surface area contributed by atoms with Crippen molar-refractivity contribution >= 4 is 17.5 Å². The van der Waals surface area contributed by atoms with Gasteiger partial charge in [0, 0.05) is 6.20 Å². The first-order valence-electron chi connectivity index (χ1n) is 7.39. The molecule has 5 heteroatoms. The summed E-state index contributed by atoms with van der Waals surface area (Å²) in [7, 11) is 0. The van der Waals surface area contributed by atoms with Crippen molar-refractivity contribution in [3.05, 3.63) is 24.0 Å². The molecule has 2 atom stereocenters. The Morgan fingerprint density at radius 2 is 2.10 bits per heavy atom. The van der Waals surface area contributed by atoms with Crippen LogP contribution in [0.15, 0.2) is 18.3 Å². The molecule has 0 radical (unpaired) electrons. The van der Waals surface area contributed by atoms with Gasteiger partial charge in [-0.05, 0) is 38.3 Å². The van der Waals surface area contributed by atoms with E-state index in [1.807, 2.05) is 33.8 Å². The Hall–Kier alpha value is -1.91. The summed E-state index contributed by atoms with van der Waals surface area (Å²) in [5.74, 6) is -0.147. The van der Waals surface area contributed by atoms with E-state index in [1.165, 1.54) is 0 Å². The number of carbonyl (C=O) groups excluding carboxylic acids is 2. The Morgan fingerprint density at radius 1 is 1.43 bits per heavy atom. The molecule has 1 aromatic heterocycles. The highest BCUT2D eigenvalue weighted by atomic mass is 16.2. The lowest BCUT2D eigenvalue weighted by atomic mass is 9.88. The summed E-state index contributed by atoms with van der Waals surface area (Å²) in [6.07, 6.45) is 2.24. The first-order valence-corrected chi connectivity index (χ1v) is 7.39. The second kappa shape index (κ2) is 5.47. The summed E-state index contributed by atoms with van der Waals surface area (Å²) in [5.41, 5.74) is 0.616. The van der Waals surface area contributed by atoms with Crippen LogP contribution < -0.4 is 10.2 Å². The smallest absolute Gasteiger partial charge is 0.253 e. The number of hydrogen-bond acceptors (Lipinski definition) is 3. The average Bonchev–Trinajstić information content (AvgIpc) is 2.43. The summed E-state index contributed by atoms with van der Waals surface area (Å²) in [4.78, 5) is 31.4. The molecule has 1 aliphatic rings. The van der Waals surface area contributed by atoms with Crippen molar-refractivity contribution < 1.29 is 9.59 Å². The van der Waals surface area contributed by atoms with E-state index in [2.05, 4.69) is 10.3 Å². The number of amides is 2. The molecule has 114 valence electrons. The van der Waals surface area contributed by atoms with Gasteiger partial charge in [-0.25, -0.2) is 0 Å². The maximum absolute atomic E-state index is 13.0. The molecule has 0 spiro atoms. The number of anilines is 1. The van der Waals surface area contributed by atoms with Gasteiger partial charge < -0.3 is 5.32 Å². The van der Waals surface area contributed by atoms with E-state index < -0.39 is 11.6 Å². The first kappa shape index (κ1) is 15.5. The van der Waals surface area contributed by atoms with E-state index in [4.69, 9.17) is 0 Å². The zero-order chi connectivity index (χ0) is 15.8. The Labute approximate surface area is 125 Å². The summed E-state index contributed by atoms with van der Waals surface area (Å²) in [5, 5.41) is 2.89. The highest BCUT2D eigenvalue weighted by molar-refractivity contribution is 6.10. The summed E-state index contributed by atoms with van der Waals surface area (Å²) in [6, 6.07) is 3.15. The Morgan fingerprint density at radius 3 is 2.62 bits per heavy atom. The standard InChI is InChI=1S/C16H23N3O2/c1-6-16(5)15(21)19(12-8-7-9-17-11(12)4)13(10(2)3)14(20)18-16/h7-10,13H,6H2,1-5H3,(H,18,20). The van der Waals surface area contributed by atoms with Gasteiger partial charge in [-0.3, -0.25) is 19.5 Å². The van der Waals surface area contributed by atoms with Gasteiger partial charge in [-0.15, -0.1) is 0 Å². The molecule has 1 aromatic rings. The van der Waals surface area contributed by atoms with Crippen molar-refractivity contribution in [1.29, 1.82) is 0 Å². The lowest BCUT2D eigenvalue weighted by molar-refractivity contribution is -0.138. The van der Waals surface area contributed by atoms with Crippen LogP contribution in [0.2, 0.25) is 0 Å². The van der Waals surface area contributed by atoms with Crippen molar-refractivity contribution in [3.8, 4) is 0 Å². The number of piperazine rings is 1. The molecule has 0 bridgehead atoms. The van der Waals surface area contributed by atoms with E-state index in [-0.39, 0.29) is 17.7 Å². The number of pyridine rings is 1. The molecule has 1 N–H and O–H groups in total. The normalized spacial score (nSPS) is 26.2. The zero-order valence-corrected chi connectivity index (χ0v) is 13.3. The number of nitrogens with zero attached hydrogens (tertiary/aromatic N) is 2. The number of hydrogen-bond donors (Lipinski definition) is 1. The maximum atomic E-state index is 13.0. The van der Waals surface area contributed by atoms with Gasteiger partial charge in [0.05, 0.1) is 11.4 Å². The summed E-state index contributed by atoms with van der Waals surface area (Å²) >= 11 is 0. The summed E-state index contributed by atoms with van der Waals surface area (Å²) in [6.45, 7) is 9.44. The van der Waals surface area contributed by atoms with E-state index >= 15 is 0 Å². The maximum Gasteiger partial charge on any atom is 0.253 e. The molecule has 1 fully saturated rings. The van der Waals surface area contributed by atoms with Gasteiger partial charge in [0.15, 0.2) is 0 Å². The molecule has 2 rings (SSSR count). The van der Waals surface area contributed by atoms with Crippen LogP contribution in [0.1, 0.15) is 39.8 Å². The first-order chi connectivity index (χ1) is 9.81. The molecule has 5 nitrogen and oxygen atoms in total. The molecule has 1 aliphatic heterocycles. The van der Waals surface area contributed by atoms with Crippen molar-refractivity contribution in [2.75, 3.05) is 4.90 Å². The van der Waals surface area contributed by atoms with Gasteiger partial charge in [0.25, 0.3) is 5.91 Å². The largest absolute Gasteiger partial charge is 0.340 e. The number of aryl methyl sites for hydroxylation is 1. The minimum absolute atomic E-state index is 0.0231. The van der Waals surface area contributed by atoms with Gasteiger partial charge in [-0.1, -0.05) is 20.8 Å². The lowest BCUT2D eigenvalue weighted by Gasteiger charge is -2.45. The number of aromatic nitrogens is 1. The molecule has 2 heterocycles. The highest BCUT2D eigenvalue weighted by Crippen LogP contribution is 2.31. The molecule has 2 unspecified atom stereocenters. The second-order valence-electron chi connectivity index (χ2n) is 6.15. The van der Waals surface area contributed by atoms with Crippen molar-refractivity contribution in [2.24, 2.45) is 5.92 Å². The fourth-order valence-electron chi connectivity index (χ4n) is 2.74. The minimum atomic E-state index is -0.856. The number of rotatable bonds is 3. The van der Waals surface area contributed by atoms with Crippen LogP contribution in [0.3, 0.4) is 0 Å². The van der Waals surface area contributed by atoms with Gasteiger partial charge in [0.2, 0.25) is 5.91 Å². The molecule has 0 aliphatic carbocycles. The molecule has 0 aromatic carbocycles. The quantitative estimate of drug-likeness (QED) is 0.926. The van der Waals surface area contributed by atoms with Crippen LogP contribution in [-0.4, -0.2) is 28.4 Å². The van der Waals surface area contributed by atoms with Crippen LogP contribution in [0.25, 0.3) is 0 Å². The van der Waals surface area contributed by atoms with Crippen LogP contribution in [0.4, 0.5) is 5.69 Å². The Bertz CT molecular complexity index is 570. The minimum Gasteiger partial charge on any atom is -0.340 e. The van der Waals surface area contributed by atoms with Crippen molar-refractivity contribution in [2.45, 2.75) is 52.6 Å². The van der Waals surface area contributed by atoms with Crippen LogP contribution >= 0.6 is 0 Å². The molecule has 2 amide bonds. The predicted molar refractivity (Wildman–Crippen MR) is 81.9 cm³/mol. The van der Waals surface area contributed by atoms with Crippen LogP contribution in [-0.2, 0) is 9.59 Å². The van der Waals surface area contributed by atoms with E-state index in [9.17, 15) is 9.59 Å². The van der Waals surface area contributed by atoms with E-state index in [0.717, 1.165) is 11.4 Å². The summed E-state index contributed by atoms with van der Waals surface area (Å²) < 4.78 is 0. The van der Waals surface area contributed by atoms with Crippen LogP contribution in [0.5, 0.6) is 0 Å². The highest BCUT2D eigenvalue weighted by Gasteiger charge is 2.48. The third-order valence-electron chi connectivity index (χ3n) is 4.21.